The summed E-state index contributed by atoms with van der Waals surface area (Å²) >= 11 is 5.79. The number of pyridine rings is 1. The molecule has 2 N–H and O–H groups in total. The Balaban J connectivity index is 1.92. The molecule has 0 spiro atoms. The van der Waals surface area contributed by atoms with E-state index in [0.717, 1.165) is 5.56 Å². The fourth-order valence-corrected chi connectivity index (χ4v) is 2.15. The van der Waals surface area contributed by atoms with Crippen molar-refractivity contribution in [1.29, 1.82) is 0 Å². The fraction of sp³-hybridized carbons (Fsp3) is 0.235. The van der Waals surface area contributed by atoms with Crippen LogP contribution in [0.5, 0.6) is 0 Å². The van der Waals surface area contributed by atoms with Crippen LogP contribution in [0.25, 0.3) is 0 Å². The zero-order chi connectivity index (χ0) is 16.8. The van der Waals surface area contributed by atoms with Gasteiger partial charge in [-0.05, 0) is 55.8 Å². The number of aromatic nitrogens is 1. The number of halogens is 1. The Morgan fingerprint density at radius 3 is 2.22 bits per heavy atom. The summed E-state index contributed by atoms with van der Waals surface area (Å²) in [7, 11) is 0. The van der Waals surface area contributed by atoms with Crippen LogP contribution >= 0.6 is 11.6 Å². The first-order valence-electron chi connectivity index (χ1n) is 7.24. The van der Waals surface area contributed by atoms with Crippen LogP contribution in [0.2, 0.25) is 5.02 Å². The standard InChI is InChI=1S/C17H18ClN3O2/c1-11(13-7-9-19-10-8-13)20-16(22)12(2)21-17(23)14-3-5-15(18)6-4-14/h3-12H,1-2H3,(H,20,22)(H,21,23). The van der Waals surface area contributed by atoms with Gasteiger partial charge in [0.15, 0.2) is 0 Å². The summed E-state index contributed by atoms with van der Waals surface area (Å²) in [5, 5.41) is 6.08. The van der Waals surface area contributed by atoms with Crippen LogP contribution in [0.1, 0.15) is 35.8 Å². The predicted octanol–water partition coefficient (Wildman–Crippen LogP) is 2.73. The number of carbonyl (C=O) groups is 2. The largest absolute Gasteiger partial charge is 0.348 e. The minimum Gasteiger partial charge on any atom is -0.348 e. The maximum absolute atomic E-state index is 12.2. The summed E-state index contributed by atoms with van der Waals surface area (Å²) in [6, 6.07) is 9.34. The molecule has 0 aliphatic rings. The van der Waals surface area contributed by atoms with Gasteiger partial charge in [-0.15, -0.1) is 0 Å². The fourth-order valence-electron chi connectivity index (χ4n) is 2.02. The van der Waals surface area contributed by atoms with Crippen molar-refractivity contribution in [3.8, 4) is 0 Å². The average Bonchev–Trinajstić information content (AvgIpc) is 2.56. The van der Waals surface area contributed by atoms with Gasteiger partial charge in [0.1, 0.15) is 6.04 Å². The molecular weight excluding hydrogens is 314 g/mol. The Morgan fingerprint density at radius 2 is 1.61 bits per heavy atom. The second-order valence-corrected chi connectivity index (χ2v) is 5.65. The molecule has 0 aliphatic heterocycles. The molecule has 2 rings (SSSR count). The molecule has 0 saturated carbocycles. The number of carbonyl (C=O) groups excluding carboxylic acids is 2. The summed E-state index contributed by atoms with van der Waals surface area (Å²) in [6.45, 7) is 3.52. The van der Waals surface area contributed by atoms with Crippen LogP contribution < -0.4 is 10.6 Å². The molecule has 2 aromatic rings. The molecule has 1 aromatic carbocycles. The molecule has 0 radical (unpaired) electrons. The minimum absolute atomic E-state index is 0.166. The minimum atomic E-state index is -0.650. The summed E-state index contributed by atoms with van der Waals surface area (Å²) in [5.74, 6) is -0.572. The topological polar surface area (TPSA) is 71.1 Å². The lowest BCUT2D eigenvalue weighted by Crippen LogP contribution is -2.45. The summed E-state index contributed by atoms with van der Waals surface area (Å²) in [4.78, 5) is 28.2. The van der Waals surface area contributed by atoms with Crippen molar-refractivity contribution in [3.63, 3.8) is 0 Å². The van der Waals surface area contributed by atoms with Gasteiger partial charge in [0, 0.05) is 23.0 Å². The van der Waals surface area contributed by atoms with Gasteiger partial charge >= 0.3 is 0 Å². The van der Waals surface area contributed by atoms with Crippen molar-refractivity contribution in [2.24, 2.45) is 0 Å². The normalized spacial score (nSPS) is 13.0. The number of amides is 2. The summed E-state index contributed by atoms with van der Waals surface area (Å²) in [6.07, 6.45) is 3.34. The predicted molar refractivity (Wildman–Crippen MR) is 89.2 cm³/mol. The molecule has 2 amide bonds. The lowest BCUT2D eigenvalue weighted by molar-refractivity contribution is -0.123. The Kier molecular flexibility index (Phi) is 5.71. The van der Waals surface area contributed by atoms with Crippen molar-refractivity contribution in [2.45, 2.75) is 25.9 Å². The van der Waals surface area contributed by atoms with E-state index in [4.69, 9.17) is 11.6 Å². The zero-order valence-electron chi connectivity index (χ0n) is 12.9. The Morgan fingerprint density at radius 1 is 1.00 bits per heavy atom. The number of benzene rings is 1. The van der Waals surface area contributed by atoms with Crippen molar-refractivity contribution in [3.05, 3.63) is 64.9 Å². The molecule has 0 bridgehead atoms. The molecule has 1 aromatic heterocycles. The lowest BCUT2D eigenvalue weighted by Gasteiger charge is -2.18. The molecule has 1 heterocycles. The van der Waals surface area contributed by atoms with E-state index < -0.39 is 6.04 Å². The Bertz CT molecular complexity index is 674. The third-order valence-corrected chi connectivity index (χ3v) is 3.66. The molecule has 0 fully saturated rings. The smallest absolute Gasteiger partial charge is 0.251 e. The second-order valence-electron chi connectivity index (χ2n) is 5.21. The second kappa shape index (κ2) is 7.74. The highest BCUT2D eigenvalue weighted by molar-refractivity contribution is 6.30. The van der Waals surface area contributed by atoms with Gasteiger partial charge in [-0.3, -0.25) is 14.6 Å². The highest BCUT2D eigenvalue weighted by Gasteiger charge is 2.18. The van der Waals surface area contributed by atoms with Gasteiger partial charge in [-0.2, -0.15) is 0 Å². The number of nitrogens with one attached hydrogen (secondary N) is 2. The lowest BCUT2D eigenvalue weighted by atomic mass is 10.1. The number of rotatable bonds is 5. The van der Waals surface area contributed by atoms with Gasteiger partial charge in [-0.1, -0.05) is 11.6 Å². The van der Waals surface area contributed by atoms with Gasteiger partial charge in [-0.25, -0.2) is 0 Å². The Hall–Kier alpha value is -2.40. The number of nitrogens with zero attached hydrogens (tertiary/aromatic N) is 1. The Labute approximate surface area is 140 Å². The van der Waals surface area contributed by atoms with Crippen LogP contribution in [-0.4, -0.2) is 22.8 Å². The van der Waals surface area contributed by atoms with Gasteiger partial charge in [0.2, 0.25) is 5.91 Å². The van der Waals surface area contributed by atoms with E-state index in [1.165, 1.54) is 0 Å². The monoisotopic (exact) mass is 331 g/mol. The van der Waals surface area contributed by atoms with Crippen molar-refractivity contribution in [2.75, 3.05) is 0 Å². The molecule has 0 saturated heterocycles. The van der Waals surface area contributed by atoms with E-state index in [1.807, 2.05) is 19.1 Å². The van der Waals surface area contributed by atoms with E-state index in [2.05, 4.69) is 15.6 Å². The van der Waals surface area contributed by atoms with E-state index in [9.17, 15) is 9.59 Å². The van der Waals surface area contributed by atoms with Crippen LogP contribution in [-0.2, 0) is 4.79 Å². The molecule has 120 valence electrons. The van der Waals surface area contributed by atoms with Crippen LogP contribution in [0.15, 0.2) is 48.8 Å². The summed E-state index contributed by atoms with van der Waals surface area (Å²) < 4.78 is 0. The van der Waals surface area contributed by atoms with E-state index in [-0.39, 0.29) is 17.9 Å². The quantitative estimate of drug-likeness (QED) is 0.885. The SMILES string of the molecule is CC(NC(=O)c1ccc(Cl)cc1)C(=O)NC(C)c1ccncc1. The summed E-state index contributed by atoms with van der Waals surface area (Å²) in [5.41, 5.74) is 1.40. The highest BCUT2D eigenvalue weighted by atomic mass is 35.5. The van der Waals surface area contributed by atoms with E-state index in [1.54, 1.807) is 43.6 Å². The van der Waals surface area contributed by atoms with Crippen molar-refractivity contribution in [1.82, 2.24) is 15.6 Å². The first-order chi connectivity index (χ1) is 11.0. The molecular formula is C17H18ClN3O2. The van der Waals surface area contributed by atoms with E-state index >= 15 is 0 Å². The molecule has 23 heavy (non-hydrogen) atoms. The number of hydrogen-bond acceptors (Lipinski definition) is 3. The van der Waals surface area contributed by atoms with Crippen LogP contribution in [0, 0.1) is 0 Å². The third-order valence-electron chi connectivity index (χ3n) is 3.41. The van der Waals surface area contributed by atoms with E-state index in [0.29, 0.717) is 10.6 Å². The van der Waals surface area contributed by atoms with Gasteiger partial charge < -0.3 is 10.6 Å². The van der Waals surface area contributed by atoms with Gasteiger partial charge in [0.05, 0.1) is 6.04 Å². The maximum Gasteiger partial charge on any atom is 0.251 e. The first kappa shape index (κ1) is 17.0. The molecule has 5 nitrogen and oxygen atoms in total. The zero-order valence-corrected chi connectivity index (χ0v) is 13.7. The third kappa shape index (κ3) is 4.79. The van der Waals surface area contributed by atoms with Gasteiger partial charge in [0.25, 0.3) is 5.91 Å². The average molecular weight is 332 g/mol. The van der Waals surface area contributed by atoms with Crippen molar-refractivity contribution >= 4 is 23.4 Å². The maximum atomic E-state index is 12.2. The molecule has 0 aliphatic carbocycles. The molecule has 6 heteroatoms. The molecule has 2 atom stereocenters. The van der Waals surface area contributed by atoms with Crippen LogP contribution in [0.3, 0.4) is 0 Å². The molecule has 2 unspecified atom stereocenters. The number of hydrogen-bond donors (Lipinski definition) is 2. The highest BCUT2D eigenvalue weighted by Crippen LogP contribution is 2.11. The van der Waals surface area contributed by atoms with Crippen molar-refractivity contribution < 1.29 is 9.59 Å². The first-order valence-corrected chi connectivity index (χ1v) is 7.62. The van der Waals surface area contributed by atoms with Crippen LogP contribution in [0.4, 0.5) is 0 Å².